The largest absolute Gasteiger partial charge is 0.619 e. The van der Waals surface area contributed by atoms with Gasteiger partial charge in [-0.15, -0.1) is 0 Å². The molecule has 93 heavy (non-hydrogen) atoms. The third kappa shape index (κ3) is 12.9. The minimum Gasteiger partial charge on any atom is -0.619 e. The Hall–Kier alpha value is -9.55. The van der Waals surface area contributed by atoms with Gasteiger partial charge in [-0.2, -0.15) is 9.46 Å². The maximum Gasteiger partial charge on any atom is 0.261 e. The zero-order valence-electron chi connectivity index (χ0n) is 52.1. The molecular weight excluding hydrogens is 1170 g/mol. The summed E-state index contributed by atoms with van der Waals surface area (Å²) >= 11 is 0. The number of rotatable bonds is 9. The molecule has 3 aliphatic rings. The van der Waals surface area contributed by atoms with Gasteiger partial charge in [0.05, 0.1) is 88.1 Å². The van der Waals surface area contributed by atoms with E-state index in [4.69, 9.17) is 0 Å². The lowest BCUT2D eigenvalue weighted by Gasteiger charge is -2.29. The first-order chi connectivity index (χ1) is 44.7. The lowest BCUT2D eigenvalue weighted by atomic mass is 9.92. The highest BCUT2D eigenvalue weighted by Crippen LogP contribution is 2.35. The Labute approximate surface area is 538 Å². The topological polar surface area (TPSA) is 232 Å². The van der Waals surface area contributed by atoms with Crippen molar-refractivity contribution >= 4 is 65.0 Å². The van der Waals surface area contributed by atoms with E-state index in [-0.39, 0.29) is 42.2 Å². The first-order valence-electron chi connectivity index (χ1n) is 32.2. The van der Waals surface area contributed by atoms with Crippen molar-refractivity contribution in [3.8, 4) is 0 Å². The molecule has 3 aliphatic carbocycles. The number of pyridine rings is 3. The molecule has 12 aromatic rings. The average molecular weight is 1250 g/mol. The second-order valence-electron chi connectivity index (χ2n) is 25.4. The van der Waals surface area contributed by atoms with Crippen molar-refractivity contribution in [2.45, 2.75) is 161 Å². The molecule has 476 valence electrons. The van der Waals surface area contributed by atoms with Crippen LogP contribution in [0.25, 0.3) is 65.0 Å². The highest BCUT2D eigenvalue weighted by atomic mass is 16.5. The summed E-state index contributed by atoms with van der Waals surface area (Å²) in [4.78, 5) is 58.8. The molecule has 0 amide bonds. The fourth-order valence-electron chi connectivity index (χ4n) is 14.2. The molecule has 0 radical (unpaired) electrons. The van der Waals surface area contributed by atoms with Crippen molar-refractivity contribution in [1.82, 2.24) is 33.6 Å². The molecule has 3 N–H and O–H groups in total. The van der Waals surface area contributed by atoms with Gasteiger partial charge in [-0.25, -0.2) is 15.0 Å². The van der Waals surface area contributed by atoms with Crippen LogP contribution in [-0.4, -0.2) is 67.3 Å². The Morgan fingerprint density at radius 1 is 0.409 bits per heavy atom. The minimum absolute atomic E-state index is 0. The Bertz CT molecular complexity index is 4740. The highest BCUT2D eigenvalue weighted by molar-refractivity contribution is 6.08. The standard InChI is InChI=1S/2C25H25N3O3.C25H25N3O2.CH4/c2*1-16-10-11-17(14-28(16)31)12-18-13-21-24(20-7-3-2-6-19(18)20)26-15-27(25(21)30)22-8-4-5-9-23(22)29;1-16-10-11-17(14-26-16)12-18-13-21-24(20-7-3-2-6-19(18)20)27-15-28(25(21)30)22-8-4-5-9-23(22)29;/h2*2-3,6-7,10-11,13-15,22-23,29H,4-5,8-9,12H2,1H3;2-3,6-7,10-11,13-15,22-23,29H,4-5,8-9,12H2,1H3;1H4/t3*22-,23-;/m000./s1. The number of fused-ring (bicyclic) bond motifs is 9. The summed E-state index contributed by atoms with van der Waals surface area (Å²) in [5, 5.41) is 63.2. The minimum atomic E-state index is -0.523. The summed E-state index contributed by atoms with van der Waals surface area (Å²) in [5.74, 6) is 0. The van der Waals surface area contributed by atoms with E-state index in [0.717, 1.165) is 151 Å². The van der Waals surface area contributed by atoms with Gasteiger partial charge in [-0.1, -0.05) is 125 Å². The van der Waals surface area contributed by atoms with Gasteiger partial charge in [0.25, 0.3) is 16.7 Å². The van der Waals surface area contributed by atoms with Crippen LogP contribution in [0.2, 0.25) is 0 Å². The van der Waals surface area contributed by atoms with Gasteiger partial charge in [-0.05, 0) is 127 Å². The predicted molar refractivity (Wildman–Crippen MR) is 365 cm³/mol. The highest BCUT2D eigenvalue weighted by Gasteiger charge is 2.30. The van der Waals surface area contributed by atoms with E-state index in [1.54, 1.807) is 58.9 Å². The first kappa shape index (κ1) is 63.6. The lowest BCUT2D eigenvalue weighted by Crippen LogP contribution is -2.34. The number of benzene rings is 6. The Kier molecular flexibility index (Phi) is 18.7. The maximum atomic E-state index is 13.5. The second-order valence-corrected chi connectivity index (χ2v) is 25.4. The van der Waals surface area contributed by atoms with E-state index in [1.807, 2.05) is 128 Å². The molecule has 6 atom stereocenters. The number of hydrogen-bond donors (Lipinski definition) is 3. The van der Waals surface area contributed by atoms with E-state index >= 15 is 0 Å². The van der Waals surface area contributed by atoms with Crippen LogP contribution in [0.4, 0.5) is 0 Å². The van der Waals surface area contributed by atoms with Crippen LogP contribution in [-0.2, 0) is 19.3 Å². The van der Waals surface area contributed by atoms with Gasteiger partial charge < -0.3 is 25.7 Å². The van der Waals surface area contributed by atoms with Gasteiger partial charge in [0.1, 0.15) is 0 Å². The van der Waals surface area contributed by atoms with Crippen molar-refractivity contribution in [2.75, 3.05) is 0 Å². The third-order valence-corrected chi connectivity index (χ3v) is 19.3. The number of aromatic nitrogens is 9. The number of aryl methyl sites for hydroxylation is 3. The molecule has 3 fully saturated rings. The first-order valence-corrected chi connectivity index (χ1v) is 32.2. The number of aliphatic hydroxyl groups is 3. The second kappa shape index (κ2) is 27.3. The van der Waals surface area contributed by atoms with E-state index in [9.17, 15) is 40.1 Å². The molecule has 0 bridgehead atoms. The molecule has 0 spiro atoms. The average Bonchev–Trinajstić information content (AvgIpc) is 0.774. The van der Waals surface area contributed by atoms with Crippen LogP contribution in [0.3, 0.4) is 0 Å². The number of aliphatic hydroxyl groups excluding tert-OH is 3. The van der Waals surface area contributed by atoms with Crippen molar-refractivity contribution in [1.29, 1.82) is 0 Å². The summed E-state index contributed by atoms with van der Waals surface area (Å²) in [6.07, 6.45) is 20.7. The Morgan fingerprint density at radius 3 is 1.03 bits per heavy atom. The van der Waals surface area contributed by atoms with Crippen LogP contribution >= 0.6 is 0 Å². The van der Waals surface area contributed by atoms with Crippen molar-refractivity contribution in [3.63, 3.8) is 0 Å². The van der Waals surface area contributed by atoms with Gasteiger partial charge in [0.15, 0.2) is 23.8 Å². The summed E-state index contributed by atoms with van der Waals surface area (Å²) in [6, 6.07) is 40.7. The van der Waals surface area contributed by atoms with Gasteiger partial charge in [0, 0.05) is 78.0 Å². The summed E-state index contributed by atoms with van der Waals surface area (Å²) in [5.41, 5.74) is 9.97. The van der Waals surface area contributed by atoms with Crippen molar-refractivity contribution in [3.05, 3.63) is 257 Å². The summed E-state index contributed by atoms with van der Waals surface area (Å²) in [7, 11) is 0. The fourth-order valence-corrected chi connectivity index (χ4v) is 14.2. The summed E-state index contributed by atoms with van der Waals surface area (Å²) < 4.78 is 6.62. The number of hydrogen-bond acceptors (Lipinski definition) is 12. The Morgan fingerprint density at radius 2 is 0.720 bits per heavy atom. The Balaban J connectivity index is 0.000000133. The van der Waals surface area contributed by atoms with E-state index in [1.165, 1.54) is 0 Å². The molecule has 0 unspecified atom stereocenters. The van der Waals surface area contributed by atoms with Gasteiger partial charge >= 0.3 is 0 Å². The molecule has 15 rings (SSSR count). The van der Waals surface area contributed by atoms with Crippen LogP contribution < -0.4 is 26.1 Å². The van der Waals surface area contributed by atoms with Crippen LogP contribution in [0.15, 0.2) is 179 Å². The van der Waals surface area contributed by atoms with Gasteiger partial charge in [-0.3, -0.25) is 33.1 Å². The van der Waals surface area contributed by atoms with Crippen molar-refractivity contribution < 1.29 is 24.8 Å². The van der Waals surface area contributed by atoms with E-state index in [2.05, 4.69) is 32.1 Å². The predicted octanol–water partition coefficient (Wildman–Crippen LogP) is 12.1. The third-order valence-electron chi connectivity index (χ3n) is 19.3. The normalized spacial score (nSPS) is 19.0. The van der Waals surface area contributed by atoms with Crippen LogP contribution in [0, 0.1) is 31.2 Å². The summed E-state index contributed by atoms with van der Waals surface area (Å²) in [6.45, 7) is 5.52. The molecule has 0 aliphatic heterocycles. The zero-order valence-corrected chi connectivity index (χ0v) is 52.1. The van der Waals surface area contributed by atoms with Gasteiger partial charge in [0.2, 0.25) is 0 Å². The quantitative estimate of drug-likeness (QED) is 0.0696. The molecule has 17 nitrogen and oxygen atoms in total. The van der Waals surface area contributed by atoms with Crippen molar-refractivity contribution in [2.24, 2.45) is 0 Å². The lowest BCUT2D eigenvalue weighted by molar-refractivity contribution is -0.612. The molecule has 6 heterocycles. The SMILES string of the molecule is C.Cc1ccc(Cc2cc3c(=O)n([C@H]4CCCC[C@@H]4O)cnc3c3ccccc23)c[n+]1[O-].Cc1ccc(Cc2cc3c(=O)n([C@H]4CCCC[C@@H]4O)cnc3c3ccccc23)c[n+]1[O-].Cc1ccc(Cc2cc3c(=O)n([C@H]4CCCC[C@@H]4O)cnc3c3ccccc23)cn1. The van der Waals surface area contributed by atoms with E-state index < -0.39 is 18.3 Å². The fraction of sp³-hybridized carbons (Fsp3) is 0.329. The van der Waals surface area contributed by atoms with Crippen LogP contribution in [0.5, 0.6) is 0 Å². The smallest absolute Gasteiger partial charge is 0.261 e. The molecular formula is C76H79N9O8. The monoisotopic (exact) mass is 1250 g/mol. The number of nitrogens with zero attached hydrogens (tertiary/aromatic N) is 9. The maximum absolute atomic E-state index is 13.5. The molecule has 6 aromatic heterocycles. The molecule has 6 aromatic carbocycles. The van der Waals surface area contributed by atoms with Crippen LogP contribution in [0.1, 0.15) is 153 Å². The van der Waals surface area contributed by atoms with E-state index in [0.29, 0.717) is 70.7 Å². The molecule has 0 saturated heterocycles. The zero-order chi connectivity index (χ0) is 63.7. The molecule has 3 saturated carbocycles. The molecule has 17 heteroatoms.